The number of nitrogens with one attached hydrogen (secondary N) is 1. The highest BCUT2D eigenvalue weighted by atomic mass is 35.5. The molecule has 3 N–H and O–H groups in total. The van der Waals surface area contributed by atoms with Crippen LogP contribution in [0.5, 0.6) is 0 Å². The summed E-state index contributed by atoms with van der Waals surface area (Å²) in [6.07, 6.45) is 3.80. The molecule has 0 spiro atoms. The van der Waals surface area contributed by atoms with Crippen LogP contribution >= 0.6 is 24.8 Å². The number of hydrogen-bond donors (Lipinski definition) is 2. The lowest BCUT2D eigenvalue weighted by Gasteiger charge is -2.28. The van der Waals surface area contributed by atoms with E-state index in [0.717, 1.165) is 13.1 Å². The van der Waals surface area contributed by atoms with Crippen LogP contribution in [0.25, 0.3) is 0 Å². The first-order valence-electron chi connectivity index (χ1n) is 8.11. The number of halogens is 2. The van der Waals surface area contributed by atoms with E-state index in [4.69, 9.17) is 10.5 Å². The topological polar surface area (TPSA) is 102 Å². The van der Waals surface area contributed by atoms with E-state index < -0.39 is 26.2 Å². The van der Waals surface area contributed by atoms with Crippen LogP contribution in [-0.4, -0.2) is 62.4 Å². The van der Waals surface area contributed by atoms with Gasteiger partial charge in [0.15, 0.2) is 0 Å². The van der Waals surface area contributed by atoms with Crippen LogP contribution in [-0.2, 0) is 19.6 Å². The second-order valence-corrected chi connectivity index (χ2v) is 8.99. The minimum Gasteiger partial charge on any atom is -0.379 e. The molecule has 0 radical (unpaired) electrons. The van der Waals surface area contributed by atoms with Gasteiger partial charge in [-0.3, -0.25) is 14.4 Å². The summed E-state index contributed by atoms with van der Waals surface area (Å²) < 4.78 is 31.9. The Hall–Kier alpha value is -0.380. The molecule has 146 valence electrons. The van der Waals surface area contributed by atoms with E-state index in [-0.39, 0.29) is 30.7 Å². The largest absolute Gasteiger partial charge is 0.379 e. The molecule has 2 saturated carbocycles. The van der Waals surface area contributed by atoms with Crippen LogP contribution in [0, 0.1) is 5.92 Å². The van der Waals surface area contributed by atoms with E-state index in [1.165, 1.54) is 0 Å². The van der Waals surface area contributed by atoms with Gasteiger partial charge < -0.3 is 10.5 Å². The van der Waals surface area contributed by atoms with Gasteiger partial charge in [0.2, 0.25) is 10.0 Å². The Morgan fingerprint density at radius 3 is 2.40 bits per heavy atom. The minimum absolute atomic E-state index is 0. The van der Waals surface area contributed by atoms with Crippen LogP contribution in [0.4, 0.5) is 0 Å². The van der Waals surface area contributed by atoms with Crippen LogP contribution in [0.15, 0.2) is 12.7 Å². The van der Waals surface area contributed by atoms with Crippen molar-refractivity contribution in [3.63, 3.8) is 0 Å². The predicted molar refractivity (Wildman–Crippen MR) is 101 cm³/mol. The third-order valence-corrected chi connectivity index (χ3v) is 7.57. The quantitative estimate of drug-likeness (QED) is 0.584. The first-order chi connectivity index (χ1) is 10.8. The molecule has 2 atom stereocenters. The van der Waals surface area contributed by atoms with Crippen molar-refractivity contribution in [3.05, 3.63) is 12.7 Å². The number of amides is 1. The van der Waals surface area contributed by atoms with Crippen molar-refractivity contribution in [2.45, 2.75) is 36.0 Å². The Morgan fingerprint density at radius 2 is 1.92 bits per heavy atom. The maximum Gasteiger partial charge on any atom is 0.254 e. The smallest absolute Gasteiger partial charge is 0.254 e. The van der Waals surface area contributed by atoms with Crippen LogP contribution < -0.4 is 10.5 Å². The van der Waals surface area contributed by atoms with Crippen molar-refractivity contribution in [2.24, 2.45) is 11.7 Å². The van der Waals surface area contributed by atoms with Crippen molar-refractivity contribution in [1.29, 1.82) is 0 Å². The van der Waals surface area contributed by atoms with E-state index in [1.807, 2.05) is 0 Å². The molecule has 1 amide bonds. The fourth-order valence-electron chi connectivity index (χ4n) is 3.16. The molecule has 2 aliphatic carbocycles. The van der Waals surface area contributed by atoms with Crippen molar-refractivity contribution in [2.75, 3.05) is 32.8 Å². The predicted octanol–water partition coefficient (Wildman–Crippen LogP) is 0.434. The van der Waals surface area contributed by atoms with Gasteiger partial charge in [0.1, 0.15) is 5.54 Å². The highest BCUT2D eigenvalue weighted by Gasteiger charge is 2.60. The van der Waals surface area contributed by atoms with Gasteiger partial charge in [-0.15, -0.1) is 31.4 Å². The maximum atomic E-state index is 12.6. The van der Waals surface area contributed by atoms with Gasteiger partial charge in [0.25, 0.3) is 5.91 Å². The molecule has 0 aromatic carbocycles. The first kappa shape index (κ1) is 22.7. The summed E-state index contributed by atoms with van der Waals surface area (Å²) >= 11 is 0. The molecule has 1 heterocycles. The molecule has 0 aromatic heterocycles. The molecule has 1 aliphatic heterocycles. The molecule has 7 nitrogen and oxygen atoms in total. The Labute approximate surface area is 161 Å². The van der Waals surface area contributed by atoms with Gasteiger partial charge in [0, 0.05) is 19.0 Å². The number of carbonyl (C=O) groups excluding carboxylic acids is 1. The molecule has 25 heavy (non-hydrogen) atoms. The molecule has 3 rings (SSSR count). The zero-order valence-corrected chi connectivity index (χ0v) is 16.6. The summed E-state index contributed by atoms with van der Waals surface area (Å²) in [4.78, 5) is 14.4. The van der Waals surface area contributed by atoms with Crippen LogP contribution in [0.3, 0.4) is 0 Å². The summed E-state index contributed by atoms with van der Waals surface area (Å²) in [7, 11) is -3.70. The van der Waals surface area contributed by atoms with Gasteiger partial charge in [0.05, 0.1) is 18.0 Å². The Bertz CT molecular complexity index is 606. The fraction of sp³-hybridized carbons (Fsp3) is 0.800. The molecule has 0 aromatic rings. The van der Waals surface area contributed by atoms with E-state index in [1.54, 1.807) is 6.08 Å². The third-order valence-electron chi connectivity index (χ3n) is 5.36. The fourth-order valence-corrected chi connectivity index (χ4v) is 4.81. The lowest BCUT2D eigenvalue weighted by atomic mass is 10.2. The SMILES string of the molecule is C=CC1C[C@]1(N)C(=O)NS(=O)(=O)C1(CCN2CCOCC2)CC1.Cl.Cl. The number of morpholine rings is 1. The number of nitrogens with zero attached hydrogens (tertiary/aromatic N) is 1. The Balaban J connectivity index is 0.00000156. The van der Waals surface area contributed by atoms with Gasteiger partial charge in [-0.1, -0.05) is 6.08 Å². The number of sulfonamides is 1. The highest BCUT2D eigenvalue weighted by molar-refractivity contribution is 7.91. The number of hydrogen-bond acceptors (Lipinski definition) is 6. The summed E-state index contributed by atoms with van der Waals surface area (Å²) in [5, 5.41) is 0. The molecule has 3 fully saturated rings. The average molecular weight is 416 g/mol. The molecule has 0 bridgehead atoms. The Morgan fingerprint density at radius 1 is 1.32 bits per heavy atom. The minimum atomic E-state index is -3.70. The molecular weight excluding hydrogens is 389 g/mol. The number of carbonyl (C=O) groups is 1. The zero-order valence-electron chi connectivity index (χ0n) is 14.1. The molecule has 3 aliphatic rings. The van der Waals surface area contributed by atoms with E-state index in [0.29, 0.717) is 45.4 Å². The normalized spacial score (nSPS) is 30.4. The summed E-state index contributed by atoms with van der Waals surface area (Å²) in [6, 6.07) is 0. The number of nitrogens with two attached hydrogens (primary N) is 1. The van der Waals surface area contributed by atoms with Gasteiger partial charge >= 0.3 is 0 Å². The molecule has 1 unspecified atom stereocenters. The second-order valence-electron chi connectivity index (χ2n) is 6.91. The Kier molecular flexibility index (Phi) is 7.34. The van der Waals surface area contributed by atoms with Crippen LogP contribution in [0.1, 0.15) is 25.7 Å². The van der Waals surface area contributed by atoms with Crippen LogP contribution in [0.2, 0.25) is 0 Å². The lowest BCUT2D eigenvalue weighted by molar-refractivity contribution is -0.121. The molecule has 10 heteroatoms. The lowest BCUT2D eigenvalue weighted by Crippen LogP contribution is -2.50. The van der Waals surface area contributed by atoms with Crippen molar-refractivity contribution < 1.29 is 17.9 Å². The van der Waals surface area contributed by atoms with Crippen molar-refractivity contribution in [1.82, 2.24) is 9.62 Å². The maximum absolute atomic E-state index is 12.6. The second kappa shape index (κ2) is 8.10. The summed E-state index contributed by atoms with van der Waals surface area (Å²) in [5.41, 5.74) is 4.83. The third kappa shape index (κ3) is 4.48. The average Bonchev–Trinajstić information content (AvgIpc) is 3.42. The standard InChI is InChI=1S/C15H25N3O4S.2ClH/c1-2-12-11-15(12,16)13(19)17-23(20,21)14(3-4-14)5-6-18-7-9-22-10-8-18;;/h2,12H,1,3-11,16H2,(H,17,19);2*1H/t12?,15-;;/m1../s1. The van der Waals surface area contributed by atoms with Crippen molar-refractivity contribution in [3.8, 4) is 0 Å². The molecule has 1 saturated heterocycles. The number of rotatable bonds is 7. The monoisotopic (exact) mass is 415 g/mol. The van der Waals surface area contributed by atoms with Gasteiger partial charge in [-0.05, 0) is 32.2 Å². The molecular formula is C15H27Cl2N3O4S. The zero-order chi connectivity index (χ0) is 16.7. The van der Waals surface area contributed by atoms with Crippen molar-refractivity contribution >= 4 is 40.7 Å². The first-order valence-corrected chi connectivity index (χ1v) is 9.60. The summed E-state index contributed by atoms with van der Waals surface area (Å²) in [6.45, 7) is 7.36. The van der Waals surface area contributed by atoms with E-state index >= 15 is 0 Å². The van der Waals surface area contributed by atoms with E-state index in [2.05, 4.69) is 16.2 Å². The van der Waals surface area contributed by atoms with E-state index in [9.17, 15) is 13.2 Å². The number of ether oxygens (including phenoxy) is 1. The summed E-state index contributed by atoms with van der Waals surface area (Å²) in [5.74, 6) is -0.735. The van der Waals surface area contributed by atoms with Gasteiger partial charge in [-0.2, -0.15) is 0 Å². The highest BCUT2D eigenvalue weighted by Crippen LogP contribution is 2.47. The van der Waals surface area contributed by atoms with Gasteiger partial charge in [-0.25, -0.2) is 8.42 Å².